The van der Waals surface area contributed by atoms with E-state index in [1.807, 2.05) is 6.92 Å². The van der Waals surface area contributed by atoms with Gasteiger partial charge in [-0.25, -0.2) is 4.39 Å². The van der Waals surface area contributed by atoms with Crippen LogP contribution in [-0.2, 0) is 9.53 Å². The quantitative estimate of drug-likeness (QED) is 0.432. The summed E-state index contributed by atoms with van der Waals surface area (Å²) in [6, 6.07) is 4.23. The topological polar surface area (TPSA) is 43.4 Å². The summed E-state index contributed by atoms with van der Waals surface area (Å²) in [7, 11) is 0. The minimum atomic E-state index is -0.585. The second kappa shape index (κ2) is 8.04. The minimum absolute atomic E-state index is 0.00422. The number of carbonyl (C=O) groups excluding carboxylic acids is 2. The first kappa shape index (κ1) is 15.8. The number of esters is 1. The Balaban J connectivity index is 2.45. The number of carbonyl (C=O) groups is 2. The van der Waals surface area contributed by atoms with E-state index in [1.165, 1.54) is 12.1 Å². The van der Waals surface area contributed by atoms with Crippen LogP contribution in [0.2, 0.25) is 0 Å². The highest BCUT2D eigenvalue weighted by atomic mass is 79.9. The Hall–Kier alpha value is -1.23. The summed E-state index contributed by atoms with van der Waals surface area (Å²) < 4.78 is 19.0. The van der Waals surface area contributed by atoms with Crippen molar-refractivity contribution in [3.05, 3.63) is 34.1 Å². The molecule has 0 aromatic heterocycles. The van der Waals surface area contributed by atoms with E-state index in [-0.39, 0.29) is 18.4 Å². The predicted molar refractivity (Wildman–Crippen MR) is 73.5 cm³/mol. The molecule has 0 radical (unpaired) electrons. The zero-order valence-corrected chi connectivity index (χ0v) is 12.3. The van der Waals surface area contributed by atoms with Gasteiger partial charge in [0.25, 0.3) is 0 Å². The predicted octanol–water partition coefficient (Wildman–Crippen LogP) is 3.89. The summed E-state index contributed by atoms with van der Waals surface area (Å²) in [5, 5.41) is 0. The Bertz CT molecular complexity index is 460. The molecule has 19 heavy (non-hydrogen) atoms. The molecular weight excluding hydrogens is 315 g/mol. The summed E-state index contributed by atoms with van der Waals surface area (Å²) in [5.74, 6) is -1.39. The lowest BCUT2D eigenvalue weighted by molar-refractivity contribution is -0.143. The molecule has 0 saturated heterocycles. The van der Waals surface area contributed by atoms with Gasteiger partial charge in [0, 0.05) is 10.9 Å². The Morgan fingerprint density at radius 1 is 1.32 bits per heavy atom. The van der Waals surface area contributed by atoms with E-state index in [9.17, 15) is 14.0 Å². The number of halogens is 2. The third-order valence-electron chi connectivity index (χ3n) is 2.55. The van der Waals surface area contributed by atoms with Crippen LogP contribution in [0.3, 0.4) is 0 Å². The first-order chi connectivity index (χ1) is 9.04. The third-order valence-corrected chi connectivity index (χ3v) is 3.04. The van der Waals surface area contributed by atoms with E-state index < -0.39 is 17.6 Å². The van der Waals surface area contributed by atoms with Crippen molar-refractivity contribution in [2.24, 2.45) is 0 Å². The van der Waals surface area contributed by atoms with Crippen molar-refractivity contribution >= 4 is 27.7 Å². The Morgan fingerprint density at radius 2 is 2.05 bits per heavy atom. The van der Waals surface area contributed by atoms with Crippen molar-refractivity contribution in [3.63, 3.8) is 0 Å². The summed E-state index contributed by atoms with van der Waals surface area (Å²) in [4.78, 5) is 23.1. The first-order valence-electron chi connectivity index (χ1n) is 6.18. The molecule has 0 aliphatic heterocycles. The molecule has 0 heterocycles. The van der Waals surface area contributed by atoms with Gasteiger partial charge in [0.05, 0.1) is 18.6 Å². The maximum absolute atomic E-state index is 13.5. The number of ketones is 1. The fourth-order valence-electron chi connectivity index (χ4n) is 1.47. The largest absolute Gasteiger partial charge is 0.466 e. The van der Waals surface area contributed by atoms with Gasteiger partial charge in [-0.05, 0) is 24.6 Å². The highest BCUT2D eigenvalue weighted by Crippen LogP contribution is 2.17. The number of benzene rings is 1. The lowest BCUT2D eigenvalue weighted by Gasteiger charge is -2.04. The zero-order chi connectivity index (χ0) is 14.3. The maximum Gasteiger partial charge on any atom is 0.306 e. The van der Waals surface area contributed by atoms with Crippen LogP contribution in [0.4, 0.5) is 4.39 Å². The van der Waals surface area contributed by atoms with Gasteiger partial charge in [-0.3, -0.25) is 9.59 Å². The fraction of sp³-hybridized carbons (Fsp3) is 0.429. The average Bonchev–Trinajstić information content (AvgIpc) is 2.36. The van der Waals surface area contributed by atoms with Gasteiger partial charge in [-0.15, -0.1) is 0 Å². The summed E-state index contributed by atoms with van der Waals surface area (Å²) >= 11 is 3.12. The highest BCUT2D eigenvalue weighted by molar-refractivity contribution is 9.10. The van der Waals surface area contributed by atoms with Crippen molar-refractivity contribution in [1.29, 1.82) is 0 Å². The van der Waals surface area contributed by atoms with E-state index in [0.29, 0.717) is 11.1 Å². The van der Waals surface area contributed by atoms with E-state index in [1.54, 1.807) is 6.07 Å². The number of unbranched alkanes of at least 4 members (excludes halogenated alkanes) is 1. The van der Waals surface area contributed by atoms with Crippen molar-refractivity contribution in [2.75, 3.05) is 6.61 Å². The van der Waals surface area contributed by atoms with Crippen molar-refractivity contribution in [3.8, 4) is 0 Å². The van der Waals surface area contributed by atoms with Gasteiger partial charge in [0.2, 0.25) is 0 Å². The van der Waals surface area contributed by atoms with E-state index >= 15 is 0 Å². The molecule has 0 saturated carbocycles. The van der Waals surface area contributed by atoms with Gasteiger partial charge in [0.15, 0.2) is 5.78 Å². The first-order valence-corrected chi connectivity index (χ1v) is 6.97. The highest BCUT2D eigenvalue weighted by Gasteiger charge is 2.14. The minimum Gasteiger partial charge on any atom is -0.466 e. The molecule has 1 rings (SSSR count). The third kappa shape index (κ3) is 5.51. The van der Waals surface area contributed by atoms with Crippen LogP contribution in [0.15, 0.2) is 22.7 Å². The van der Waals surface area contributed by atoms with Gasteiger partial charge in [-0.2, -0.15) is 0 Å². The molecule has 0 aliphatic carbocycles. The normalized spacial score (nSPS) is 10.3. The van der Waals surface area contributed by atoms with Gasteiger partial charge in [0.1, 0.15) is 5.82 Å². The second-order valence-electron chi connectivity index (χ2n) is 4.12. The Morgan fingerprint density at radius 3 is 2.68 bits per heavy atom. The molecule has 0 atom stereocenters. The molecule has 0 unspecified atom stereocenters. The second-order valence-corrected chi connectivity index (χ2v) is 5.04. The van der Waals surface area contributed by atoms with E-state index in [4.69, 9.17) is 4.74 Å². The summed E-state index contributed by atoms with van der Waals surface area (Å²) in [6.07, 6.45) is 1.69. The zero-order valence-electron chi connectivity index (χ0n) is 10.7. The molecule has 5 heteroatoms. The Labute approximate surface area is 120 Å². The van der Waals surface area contributed by atoms with Crippen LogP contribution >= 0.6 is 15.9 Å². The molecule has 0 spiro atoms. The molecule has 104 valence electrons. The molecule has 3 nitrogen and oxygen atoms in total. The van der Waals surface area contributed by atoms with Crippen molar-refractivity contribution in [2.45, 2.75) is 32.6 Å². The van der Waals surface area contributed by atoms with Gasteiger partial charge < -0.3 is 4.74 Å². The molecular formula is C14H16BrFO3. The number of Topliss-reactive ketones (excluding diaryl/α,β-unsaturated/α-hetero) is 1. The van der Waals surface area contributed by atoms with Crippen LogP contribution in [0, 0.1) is 5.82 Å². The van der Waals surface area contributed by atoms with Crippen molar-refractivity contribution in [1.82, 2.24) is 0 Å². The van der Waals surface area contributed by atoms with Crippen LogP contribution in [0.1, 0.15) is 43.0 Å². The van der Waals surface area contributed by atoms with E-state index in [2.05, 4.69) is 15.9 Å². The van der Waals surface area contributed by atoms with E-state index in [0.717, 1.165) is 12.8 Å². The lowest BCUT2D eigenvalue weighted by Crippen LogP contribution is -2.10. The monoisotopic (exact) mass is 330 g/mol. The number of hydrogen-bond acceptors (Lipinski definition) is 3. The smallest absolute Gasteiger partial charge is 0.306 e. The molecule has 1 aromatic carbocycles. The molecule has 0 amide bonds. The molecule has 0 fully saturated rings. The number of ether oxygens (including phenoxy) is 1. The van der Waals surface area contributed by atoms with Crippen LogP contribution in [-0.4, -0.2) is 18.4 Å². The summed E-state index contributed by atoms with van der Waals surface area (Å²) in [6.45, 7) is 2.36. The van der Waals surface area contributed by atoms with Gasteiger partial charge >= 0.3 is 5.97 Å². The molecule has 0 bridgehead atoms. The number of rotatable bonds is 7. The van der Waals surface area contributed by atoms with Crippen molar-refractivity contribution < 1.29 is 18.7 Å². The standard InChI is InChI=1S/C14H16BrFO3/c1-2-3-8-19-14(18)7-6-13(17)11-5-4-10(15)9-12(11)16/h4-5,9H,2-3,6-8H2,1H3. The SMILES string of the molecule is CCCCOC(=O)CCC(=O)c1ccc(Br)cc1F. The maximum atomic E-state index is 13.5. The number of hydrogen-bond donors (Lipinski definition) is 0. The van der Waals surface area contributed by atoms with Gasteiger partial charge in [-0.1, -0.05) is 29.3 Å². The summed E-state index contributed by atoms with van der Waals surface area (Å²) in [5.41, 5.74) is 0.00422. The molecule has 0 aliphatic rings. The Kier molecular flexibility index (Phi) is 6.70. The average molecular weight is 331 g/mol. The van der Waals surface area contributed by atoms with Crippen LogP contribution in [0.5, 0.6) is 0 Å². The lowest BCUT2D eigenvalue weighted by atomic mass is 10.1. The molecule has 0 N–H and O–H groups in total. The van der Waals surface area contributed by atoms with Crippen LogP contribution in [0.25, 0.3) is 0 Å². The van der Waals surface area contributed by atoms with Crippen LogP contribution < -0.4 is 0 Å². The molecule has 1 aromatic rings. The fourth-order valence-corrected chi connectivity index (χ4v) is 1.80.